The number of hydrogen-bond acceptors (Lipinski definition) is 4. The zero-order chi connectivity index (χ0) is 18.9. The Morgan fingerprint density at radius 2 is 1.96 bits per heavy atom. The van der Waals surface area contributed by atoms with Crippen LogP contribution in [0.3, 0.4) is 0 Å². The number of carboxylic acid groups (broad SMARTS) is 1. The number of ether oxygens (including phenoxy) is 1. The van der Waals surface area contributed by atoms with Crippen LogP contribution in [0.1, 0.15) is 44.9 Å². The largest absolute Gasteiger partial charge is 0.480 e. The maximum absolute atomic E-state index is 10.4. The van der Waals surface area contributed by atoms with E-state index >= 15 is 0 Å². The van der Waals surface area contributed by atoms with Gasteiger partial charge in [-0.1, -0.05) is 43.6 Å². The molecule has 26 heavy (non-hydrogen) atoms. The maximum atomic E-state index is 10.4. The molecule has 2 saturated carbocycles. The molecule has 2 aliphatic rings. The number of halogens is 1. The van der Waals surface area contributed by atoms with Crippen molar-refractivity contribution in [2.75, 3.05) is 13.2 Å². The Hall–Kier alpha value is -0.880. The number of aliphatic carboxylic acids is 1. The van der Waals surface area contributed by atoms with Gasteiger partial charge in [0, 0.05) is 11.3 Å². The predicted octanol–water partition coefficient (Wildman–Crippen LogP) is 3.14. The fraction of sp³-hybridized carbons (Fsp3) is 0.750. The quantitative estimate of drug-likeness (QED) is 0.322. The van der Waals surface area contributed by atoms with Crippen molar-refractivity contribution in [1.29, 1.82) is 0 Å². The van der Waals surface area contributed by atoms with Crippen molar-refractivity contribution >= 4 is 17.6 Å². The van der Waals surface area contributed by atoms with Gasteiger partial charge in [0.15, 0.2) is 0 Å². The smallest absolute Gasteiger partial charge is 0.329 e. The lowest BCUT2D eigenvalue weighted by Gasteiger charge is -2.25. The van der Waals surface area contributed by atoms with Gasteiger partial charge in [-0.25, -0.2) is 4.79 Å². The minimum Gasteiger partial charge on any atom is -0.480 e. The number of rotatable bonds is 9. The first kappa shape index (κ1) is 21.4. The summed E-state index contributed by atoms with van der Waals surface area (Å²) in [5, 5.41) is 29.1. The lowest BCUT2D eigenvalue weighted by molar-refractivity contribution is -0.141. The Morgan fingerprint density at radius 3 is 2.65 bits per heavy atom. The normalized spacial score (nSPS) is 31.8. The zero-order valence-corrected chi connectivity index (χ0v) is 15.9. The van der Waals surface area contributed by atoms with E-state index in [4.69, 9.17) is 21.4 Å². The molecular formula is C20H31ClO5. The molecule has 3 N–H and O–H groups in total. The van der Waals surface area contributed by atoms with E-state index in [0.29, 0.717) is 18.8 Å². The van der Waals surface area contributed by atoms with E-state index in [9.17, 15) is 15.0 Å². The van der Waals surface area contributed by atoms with Crippen molar-refractivity contribution in [3.8, 4) is 0 Å². The van der Waals surface area contributed by atoms with Gasteiger partial charge < -0.3 is 20.1 Å². The van der Waals surface area contributed by atoms with Gasteiger partial charge in [-0.2, -0.15) is 0 Å². The topological polar surface area (TPSA) is 87.0 Å². The van der Waals surface area contributed by atoms with Crippen LogP contribution in [0.5, 0.6) is 0 Å². The average Bonchev–Trinajstić information content (AvgIpc) is 2.89. The SMILES string of the molecule is O=C(O)COC/C=C/C[C@H]1[C@@H](/C=C/C(O)C2CCCCC2)[C@H](O)C[C@@H]1Cl. The number of carboxylic acids is 1. The molecule has 0 aliphatic heterocycles. The molecule has 148 valence electrons. The Balaban J connectivity index is 1.84. The molecule has 0 aromatic heterocycles. The molecule has 0 amide bonds. The minimum absolute atomic E-state index is 0.0691. The summed E-state index contributed by atoms with van der Waals surface area (Å²) < 4.78 is 4.96. The number of hydrogen-bond donors (Lipinski definition) is 3. The lowest BCUT2D eigenvalue weighted by Crippen LogP contribution is -2.23. The lowest BCUT2D eigenvalue weighted by atomic mass is 9.84. The average molecular weight is 387 g/mol. The third-order valence-corrected chi connectivity index (χ3v) is 6.05. The number of aliphatic hydroxyl groups excluding tert-OH is 2. The van der Waals surface area contributed by atoms with Gasteiger partial charge in [0.1, 0.15) is 6.61 Å². The third kappa shape index (κ3) is 6.69. The van der Waals surface area contributed by atoms with Gasteiger partial charge in [0.05, 0.1) is 18.8 Å². The van der Waals surface area contributed by atoms with Gasteiger partial charge in [-0.15, -0.1) is 11.6 Å². The second kappa shape index (κ2) is 11.1. The van der Waals surface area contributed by atoms with Crippen LogP contribution < -0.4 is 0 Å². The second-order valence-electron chi connectivity index (χ2n) is 7.45. The Bertz CT molecular complexity index is 487. The fourth-order valence-corrected chi connectivity index (χ4v) is 4.53. The Kier molecular flexibility index (Phi) is 9.12. The molecule has 0 aromatic carbocycles. The summed E-state index contributed by atoms with van der Waals surface area (Å²) in [7, 11) is 0. The number of carbonyl (C=O) groups is 1. The van der Waals surface area contributed by atoms with Crippen LogP contribution in [0.4, 0.5) is 0 Å². The van der Waals surface area contributed by atoms with Crippen LogP contribution in [0.15, 0.2) is 24.3 Å². The Labute approximate surface area is 160 Å². The molecular weight excluding hydrogens is 356 g/mol. The molecule has 0 spiro atoms. The molecule has 5 atom stereocenters. The molecule has 0 heterocycles. The minimum atomic E-state index is -0.986. The summed E-state index contributed by atoms with van der Waals surface area (Å²) in [5.74, 6) is -0.632. The van der Waals surface area contributed by atoms with E-state index in [1.165, 1.54) is 19.3 Å². The summed E-state index contributed by atoms with van der Waals surface area (Å²) in [6, 6.07) is 0. The van der Waals surface area contributed by atoms with E-state index in [1.807, 2.05) is 18.2 Å². The number of allylic oxidation sites excluding steroid dienone is 1. The van der Waals surface area contributed by atoms with Crippen molar-refractivity contribution in [1.82, 2.24) is 0 Å². The standard InChI is InChI=1S/C20H31ClO5/c21-17-12-19(23)16(9-10-18(22)14-6-2-1-3-7-14)15(17)8-4-5-11-26-13-20(24)25/h4-5,9-10,14-19,22-23H,1-3,6-8,11-13H2,(H,24,25)/b5-4+,10-9+/t15-,16+,17-,18?,19+/m0/s1. The zero-order valence-electron chi connectivity index (χ0n) is 15.2. The summed E-state index contributed by atoms with van der Waals surface area (Å²) in [5.41, 5.74) is 0. The van der Waals surface area contributed by atoms with Crippen molar-refractivity contribution in [2.45, 2.75) is 62.5 Å². The van der Waals surface area contributed by atoms with Gasteiger partial charge in [-0.3, -0.25) is 0 Å². The highest BCUT2D eigenvalue weighted by molar-refractivity contribution is 6.21. The van der Waals surface area contributed by atoms with Crippen LogP contribution in [0, 0.1) is 17.8 Å². The first-order valence-corrected chi connectivity index (χ1v) is 10.1. The highest BCUT2D eigenvalue weighted by atomic mass is 35.5. The summed E-state index contributed by atoms with van der Waals surface area (Å²) in [6.07, 6.45) is 13.6. The van der Waals surface area contributed by atoms with E-state index in [0.717, 1.165) is 12.8 Å². The second-order valence-corrected chi connectivity index (χ2v) is 8.01. The molecule has 0 bridgehead atoms. The van der Waals surface area contributed by atoms with E-state index in [-0.39, 0.29) is 30.4 Å². The van der Waals surface area contributed by atoms with Crippen molar-refractivity contribution in [3.05, 3.63) is 24.3 Å². The van der Waals surface area contributed by atoms with Crippen LogP contribution in [-0.2, 0) is 9.53 Å². The predicted molar refractivity (Wildman–Crippen MR) is 101 cm³/mol. The van der Waals surface area contributed by atoms with Crippen LogP contribution in [0.25, 0.3) is 0 Å². The van der Waals surface area contributed by atoms with Crippen molar-refractivity contribution in [3.63, 3.8) is 0 Å². The molecule has 0 radical (unpaired) electrons. The molecule has 2 rings (SSSR count). The van der Waals surface area contributed by atoms with Crippen LogP contribution in [-0.4, -0.2) is 52.1 Å². The summed E-state index contributed by atoms with van der Waals surface area (Å²) in [4.78, 5) is 10.4. The molecule has 5 nitrogen and oxygen atoms in total. The van der Waals surface area contributed by atoms with Crippen molar-refractivity contribution < 1.29 is 24.9 Å². The monoisotopic (exact) mass is 386 g/mol. The molecule has 0 aromatic rings. The van der Waals surface area contributed by atoms with Crippen LogP contribution in [0.2, 0.25) is 0 Å². The summed E-state index contributed by atoms with van der Waals surface area (Å²) in [6.45, 7) is -0.0650. The van der Waals surface area contributed by atoms with Gasteiger partial charge >= 0.3 is 5.97 Å². The first-order valence-electron chi connectivity index (χ1n) is 9.62. The van der Waals surface area contributed by atoms with E-state index in [2.05, 4.69) is 0 Å². The molecule has 1 unspecified atom stereocenters. The molecule has 2 aliphatic carbocycles. The Morgan fingerprint density at radius 1 is 1.23 bits per heavy atom. The van der Waals surface area contributed by atoms with E-state index in [1.54, 1.807) is 6.08 Å². The third-order valence-electron chi connectivity index (χ3n) is 5.55. The highest BCUT2D eigenvalue weighted by Gasteiger charge is 2.39. The number of aliphatic hydroxyl groups is 2. The van der Waals surface area contributed by atoms with Crippen molar-refractivity contribution in [2.24, 2.45) is 17.8 Å². The molecule has 0 saturated heterocycles. The molecule has 6 heteroatoms. The molecule has 2 fully saturated rings. The fourth-order valence-electron chi connectivity index (χ4n) is 4.08. The van der Waals surface area contributed by atoms with Gasteiger partial charge in [0.2, 0.25) is 0 Å². The van der Waals surface area contributed by atoms with Crippen LogP contribution >= 0.6 is 11.6 Å². The van der Waals surface area contributed by atoms with Gasteiger partial charge in [0.25, 0.3) is 0 Å². The highest BCUT2D eigenvalue weighted by Crippen LogP contribution is 2.39. The summed E-state index contributed by atoms with van der Waals surface area (Å²) >= 11 is 6.41. The number of alkyl halides is 1. The first-order chi connectivity index (χ1) is 12.5. The maximum Gasteiger partial charge on any atom is 0.329 e. The van der Waals surface area contributed by atoms with Gasteiger partial charge in [-0.05, 0) is 37.5 Å². The van der Waals surface area contributed by atoms with E-state index < -0.39 is 18.2 Å².